The fraction of sp³-hybridized carbons (Fsp3) is 0.375. The quantitative estimate of drug-likeness (QED) is 0.239. The fourth-order valence-corrected chi connectivity index (χ4v) is 6.21. The summed E-state index contributed by atoms with van der Waals surface area (Å²) in [4.78, 5) is 3.77. The molecule has 2 unspecified atom stereocenters. The van der Waals surface area contributed by atoms with Crippen LogP contribution in [0.1, 0.15) is 89.5 Å². The zero-order valence-electron chi connectivity index (χ0n) is 22.7. The van der Waals surface area contributed by atoms with Crippen LogP contribution in [0.25, 0.3) is 21.8 Å². The van der Waals surface area contributed by atoms with E-state index in [0.717, 1.165) is 11.0 Å². The predicted molar refractivity (Wildman–Crippen MR) is 151 cm³/mol. The number of benzene rings is 3. The molecule has 4 heteroatoms. The first-order valence-corrected chi connectivity index (χ1v) is 13.2. The van der Waals surface area contributed by atoms with Gasteiger partial charge in [0.2, 0.25) is 0 Å². The molecule has 3 nitrogen and oxygen atoms in total. The van der Waals surface area contributed by atoms with E-state index in [1.807, 2.05) is 0 Å². The largest absolute Gasteiger partial charge is 0.497 e. The molecule has 1 aliphatic heterocycles. The van der Waals surface area contributed by atoms with Gasteiger partial charge >= 0.3 is 7.12 Å². The van der Waals surface area contributed by atoms with Gasteiger partial charge in [-0.3, -0.25) is 0 Å². The average molecular weight is 477 g/mol. The molecule has 4 aromatic rings. The second-order valence-electron chi connectivity index (χ2n) is 11.9. The molecule has 6 rings (SSSR count). The van der Waals surface area contributed by atoms with Crippen LogP contribution in [0.4, 0.5) is 0 Å². The van der Waals surface area contributed by atoms with Crippen LogP contribution in [0.2, 0.25) is 0 Å². The van der Waals surface area contributed by atoms with Crippen LogP contribution in [-0.2, 0) is 9.31 Å². The minimum absolute atomic E-state index is 0.276. The molecule has 184 valence electrons. The molecule has 0 amide bonds. The molecular formula is C32H36BNO2. The van der Waals surface area contributed by atoms with Gasteiger partial charge in [-0.05, 0) is 76.8 Å². The van der Waals surface area contributed by atoms with Gasteiger partial charge in [0.1, 0.15) is 0 Å². The molecule has 2 atom stereocenters. The number of aromatic nitrogens is 1. The van der Waals surface area contributed by atoms with Gasteiger partial charge in [0, 0.05) is 39.1 Å². The number of hydrogen-bond acceptors (Lipinski definition) is 2. The molecule has 0 bridgehead atoms. The van der Waals surface area contributed by atoms with Crippen molar-refractivity contribution >= 4 is 34.4 Å². The number of aromatic amines is 1. The maximum absolute atomic E-state index is 6.46. The molecule has 0 spiro atoms. The molecule has 2 aliphatic rings. The first-order valence-electron chi connectivity index (χ1n) is 13.2. The summed E-state index contributed by atoms with van der Waals surface area (Å²) < 4.78 is 12.9. The van der Waals surface area contributed by atoms with Crippen molar-refractivity contribution in [3.63, 3.8) is 0 Å². The lowest BCUT2D eigenvalue weighted by Crippen LogP contribution is -2.41. The minimum atomic E-state index is -0.401. The third-order valence-corrected chi connectivity index (χ3v) is 9.15. The van der Waals surface area contributed by atoms with E-state index < -0.39 is 7.12 Å². The van der Waals surface area contributed by atoms with Crippen molar-refractivity contribution in [2.75, 3.05) is 0 Å². The van der Waals surface area contributed by atoms with E-state index in [1.165, 1.54) is 49.7 Å². The fourth-order valence-electron chi connectivity index (χ4n) is 6.21. The van der Waals surface area contributed by atoms with E-state index in [2.05, 4.69) is 115 Å². The Morgan fingerprint density at radius 2 is 1.47 bits per heavy atom. The summed E-state index contributed by atoms with van der Waals surface area (Å²) in [5.74, 6) is 0.582. The monoisotopic (exact) mass is 477 g/mol. The summed E-state index contributed by atoms with van der Waals surface area (Å²) >= 11 is 0. The number of hydrogen-bond donors (Lipinski definition) is 1. The van der Waals surface area contributed by atoms with E-state index in [0.29, 0.717) is 5.92 Å². The number of rotatable bonds is 2. The van der Waals surface area contributed by atoms with E-state index in [9.17, 15) is 0 Å². The van der Waals surface area contributed by atoms with Gasteiger partial charge in [-0.15, -0.1) is 0 Å². The summed E-state index contributed by atoms with van der Waals surface area (Å²) in [6.45, 7) is 17.6. The lowest BCUT2D eigenvalue weighted by atomic mass is 9.69. The summed E-state index contributed by atoms with van der Waals surface area (Å²) in [5.41, 5.74) is 11.2. The highest BCUT2D eigenvalue weighted by Crippen LogP contribution is 2.50. The molecule has 36 heavy (non-hydrogen) atoms. The first-order chi connectivity index (χ1) is 17.0. The maximum Gasteiger partial charge on any atom is 0.497 e. The van der Waals surface area contributed by atoms with Crippen LogP contribution < -0.4 is 5.46 Å². The van der Waals surface area contributed by atoms with E-state index >= 15 is 0 Å². The third-order valence-electron chi connectivity index (χ3n) is 9.15. The predicted octanol–water partition coefficient (Wildman–Crippen LogP) is 7.57. The van der Waals surface area contributed by atoms with E-state index in [4.69, 9.17) is 9.31 Å². The summed E-state index contributed by atoms with van der Waals surface area (Å²) in [7, 11) is -0.401. The highest BCUT2D eigenvalue weighted by atomic mass is 16.7. The topological polar surface area (TPSA) is 34.2 Å². The second-order valence-corrected chi connectivity index (χ2v) is 11.9. The van der Waals surface area contributed by atoms with Crippen LogP contribution in [0.5, 0.6) is 0 Å². The molecule has 1 aliphatic carbocycles. The number of H-pyrrole nitrogens is 1. The normalized spacial score (nSPS) is 22.1. The van der Waals surface area contributed by atoms with Crippen molar-refractivity contribution in [2.45, 2.75) is 78.4 Å². The molecule has 0 saturated carbocycles. The second kappa shape index (κ2) is 7.84. The van der Waals surface area contributed by atoms with Crippen molar-refractivity contribution in [2.24, 2.45) is 0 Å². The standard InChI is InChI=1S/C32H36BNO2/c1-18(2)19(3)27-22-13-10-9-12-21(22)20(4)28-23(27)16-17-26-29(28)24-14-11-15-25(30(24)34-26)33-35-31(5,6)32(7,8)36-33/h9-17,20,27,34H,1-8H3. The van der Waals surface area contributed by atoms with E-state index in [-0.39, 0.29) is 17.1 Å². The lowest BCUT2D eigenvalue weighted by Gasteiger charge is -2.34. The van der Waals surface area contributed by atoms with Crippen LogP contribution in [0.3, 0.4) is 0 Å². The van der Waals surface area contributed by atoms with Gasteiger partial charge < -0.3 is 14.3 Å². The highest BCUT2D eigenvalue weighted by Gasteiger charge is 2.52. The molecule has 3 aromatic carbocycles. The lowest BCUT2D eigenvalue weighted by molar-refractivity contribution is 0.00578. The van der Waals surface area contributed by atoms with Gasteiger partial charge in [0.25, 0.3) is 0 Å². The van der Waals surface area contributed by atoms with Gasteiger partial charge in [0.05, 0.1) is 11.2 Å². The van der Waals surface area contributed by atoms with Gasteiger partial charge in [-0.25, -0.2) is 0 Å². The highest BCUT2D eigenvalue weighted by molar-refractivity contribution is 6.65. The molecule has 1 aromatic heterocycles. The maximum atomic E-state index is 6.46. The smallest absolute Gasteiger partial charge is 0.399 e. The molecule has 2 heterocycles. The summed E-state index contributed by atoms with van der Waals surface area (Å²) in [6.07, 6.45) is 0. The number of nitrogens with one attached hydrogen (secondary N) is 1. The zero-order chi connectivity index (χ0) is 25.6. The molecule has 1 fully saturated rings. The summed E-state index contributed by atoms with van der Waals surface area (Å²) in [5, 5.41) is 2.57. The third kappa shape index (κ3) is 3.20. The summed E-state index contributed by atoms with van der Waals surface area (Å²) in [6, 6.07) is 20.2. The van der Waals surface area contributed by atoms with Crippen LogP contribution in [-0.4, -0.2) is 23.3 Å². The SMILES string of the molecule is CC(C)=C(C)C1c2ccccc2C(C)c2c1ccc1[nH]c3c(B4OC(C)(C)C(C)(C)O4)cccc3c21. The average Bonchev–Trinajstić information content (AvgIpc) is 3.31. The van der Waals surface area contributed by atoms with Crippen molar-refractivity contribution in [1.29, 1.82) is 0 Å². The zero-order valence-corrected chi connectivity index (χ0v) is 22.7. The Kier molecular flexibility index (Phi) is 5.13. The molecule has 0 radical (unpaired) electrons. The first kappa shape index (κ1) is 23.6. The number of para-hydroxylation sites is 1. The van der Waals surface area contributed by atoms with Crippen LogP contribution in [0, 0.1) is 0 Å². The van der Waals surface area contributed by atoms with Crippen molar-refractivity contribution in [3.05, 3.63) is 88.0 Å². The van der Waals surface area contributed by atoms with Crippen LogP contribution >= 0.6 is 0 Å². The van der Waals surface area contributed by atoms with Gasteiger partial charge in [0.15, 0.2) is 0 Å². The number of allylic oxidation sites excluding steroid dienone is 2. The Morgan fingerprint density at radius 3 is 2.14 bits per heavy atom. The van der Waals surface area contributed by atoms with Crippen molar-refractivity contribution in [1.82, 2.24) is 4.98 Å². The number of fused-ring (bicyclic) bond motifs is 6. The van der Waals surface area contributed by atoms with Gasteiger partial charge in [-0.1, -0.05) is 66.6 Å². The van der Waals surface area contributed by atoms with Crippen molar-refractivity contribution in [3.8, 4) is 0 Å². The molecule has 1 saturated heterocycles. The Morgan fingerprint density at radius 1 is 0.806 bits per heavy atom. The molecule has 1 N–H and O–H groups in total. The molecular weight excluding hydrogens is 441 g/mol. The van der Waals surface area contributed by atoms with Crippen LogP contribution in [0.15, 0.2) is 65.7 Å². The van der Waals surface area contributed by atoms with Gasteiger partial charge in [-0.2, -0.15) is 0 Å². The minimum Gasteiger partial charge on any atom is -0.399 e. The van der Waals surface area contributed by atoms with Crippen molar-refractivity contribution < 1.29 is 9.31 Å². The Hall–Kier alpha value is -2.82. The Labute approximate surface area is 215 Å². The van der Waals surface area contributed by atoms with E-state index in [1.54, 1.807) is 0 Å². The Bertz CT molecular complexity index is 1540. The Balaban J connectivity index is 1.62.